The minimum Gasteiger partial charge on any atom is -0.469 e. The lowest BCUT2D eigenvalue weighted by molar-refractivity contribution is -0.364. The van der Waals surface area contributed by atoms with Crippen molar-refractivity contribution < 1.29 is 19.3 Å². The summed E-state index contributed by atoms with van der Waals surface area (Å²) in [7, 11) is 1.40. The summed E-state index contributed by atoms with van der Waals surface area (Å²) < 4.78 is 10.7. The summed E-state index contributed by atoms with van der Waals surface area (Å²) in [4.78, 5) is 19.9. The molecule has 0 amide bonds. The van der Waals surface area contributed by atoms with E-state index in [9.17, 15) is 4.79 Å². The molecule has 0 bridgehead atoms. The second-order valence-electron chi connectivity index (χ2n) is 5.58. The standard InChI is InChI=1S/C19H19N3O3S2/c1-13-12-27-19(21-13)22-18-16(25-14-6-4-3-5-7-14)10-15(11-20-18)26-9-8-17(23)24-2/h3-7,10-12H,8-9H2,1-2H3,(H,20,21,22)/p+1. The number of carbonyl (C=O) groups is 1. The van der Waals surface area contributed by atoms with Crippen molar-refractivity contribution in [1.82, 2.24) is 4.98 Å². The fraction of sp³-hybridized carbons (Fsp3) is 0.211. The number of hydrogen-bond donors (Lipinski definition) is 1. The molecule has 3 aromatic rings. The van der Waals surface area contributed by atoms with Gasteiger partial charge in [-0.3, -0.25) is 4.79 Å². The fourth-order valence-corrected chi connectivity index (χ4v) is 3.74. The number of aryl methyl sites for hydroxylation is 1. The highest BCUT2D eigenvalue weighted by Gasteiger charge is 2.17. The summed E-state index contributed by atoms with van der Waals surface area (Å²) in [5.74, 6) is 2.51. The molecule has 0 aliphatic carbocycles. The number of hydrogen-bond acceptors (Lipinski definition) is 7. The Morgan fingerprint density at radius 2 is 2.15 bits per heavy atom. The number of aromatic amines is 1. The fourth-order valence-electron chi connectivity index (χ4n) is 2.21. The Morgan fingerprint density at radius 3 is 2.85 bits per heavy atom. The van der Waals surface area contributed by atoms with Crippen molar-refractivity contribution in [3.05, 3.63) is 53.7 Å². The van der Waals surface area contributed by atoms with Gasteiger partial charge < -0.3 is 9.47 Å². The van der Waals surface area contributed by atoms with Crippen LogP contribution in [0.3, 0.4) is 0 Å². The molecule has 8 heteroatoms. The third-order valence-corrected chi connectivity index (χ3v) is 5.36. The zero-order valence-electron chi connectivity index (χ0n) is 15.0. The normalized spacial score (nSPS) is 10.4. The quantitative estimate of drug-likeness (QED) is 0.443. The Labute approximate surface area is 166 Å². The van der Waals surface area contributed by atoms with Gasteiger partial charge in [0.05, 0.1) is 24.1 Å². The predicted molar refractivity (Wildman–Crippen MR) is 107 cm³/mol. The zero-order chi connectivity index (χ0) is 19.1. The van der Waals surface area contributed by atoms with E-state index in [2.05, 4.69) is 20.0 Å². The highest BCUT2D eigenvalue weighted by molar-refractivity contribution is 7.99. The van der Waals surface area contributed by atoms with Crippen molar-refractivity contribution in [3.63, 3.8) is 0 Å². The molecule has 0 saturated heterocycles. The lowest BCUT2D eigenvalue weighted by atomic mass is 10.3. The van der Waals surface area contributed by atoms with Crippen LogP contribution >= 0.6 is 23.1 Å². The first-order valence-electron chi connectivity index (χ1n) is 8.31. The lowest BCUT2D eigenvalue weighted by Crippen LogP contribution is -2.11. The first kappa shape index (κ1) is 19.2. The first-order chi connectivity index (χ1) is 13.1. The van der Waals surface area contributed by atoms with Gasteiger partial charge in [-0.2, -0.15) is 0 Å². The van der Waals surface area contributed by atoms with Gasteiger partial charge in [-0.05, 0) is 19.1 Å². The molecule has 0 aliphatic heterocycles. The zero-order valence-corrected chi connectivity index (χ0v) is 16.7. The molecule has 0 radical (unpaired) electrons. The van der Waals surface area contributed by atoms with E-state index in [-0.39, 0.29) is 5.97 Å². The van der Waals surface area contributed by atoms with Gasteiger partial charge in [-0.1, -0.05) is 29.5 Å². The Hall–Kier alpha value is -2.58. The van der Waals surface area contributed by atoms with Crippen molar-refractivity contribution in [2.24, 2.45) is 0 Å². The average molecular weight is 403 g/mol. The van der Waals surface area contributed by atoms with Crippen molar-refractivity contribution >= 4 is 40.0 Å². The molecule has 3 rings (SSSR count). The molecule has 2 aromatic heterocycles. The summed E-state index contributed by atoms with van der Waals surface area (Å²) in [6.45, 7) is 1.95. The molecule has 0 fully saturated rings. The molecule has 27 heavy (non-hydrogen) atoms. The van der Waals surface area contributed by atoms with E-state index in [4.69, 9.17) is 4.74 Å². The minimum atomic E-state index is -0.218. The largest absolute Gasteiger partial charge is 0.469 e. The van der Waals surface area contributed by atoms with E-state index in [1.807, 2.05) is 54.9 Å². The number of carbonyl (C=O) groups excluding carboxylic acids is 1. The molecule has 0 spiro atoms. The Bertz CT molecular complexity index is 900. The molecule has 0 atom stereocenters. The van der Waals surface area contributed by atoms with Gasteiger partial charge in [0.2, 0.25) is 5.75 Å². The molecule has 2 heterocycles. The summed E-state index contributed by atoms with van der Waals surface area (Å²) in [5, 5.41) is 6.04. The number of methoxy groups -OCH3 is 1. The molecule has 1 aromatic carbocycles. The van der Waals surface area contributed by atoms with Crippen LogP contribution in [0.4, 0.5) is 10.9 Å². The van der Waals surface area contributed by atoms with Crippen LogP contribution in [0.25, 0.3) is 0 Å². The van der Waals surface area contributed by atoms with Crippen LogP contribution in [-0.2, 0) is 9.53 Å². The van der Waals surface area contributed by atoms with Gasteiger partial charge in [0, 0.05) is 17.2 Å². The number of aromatic nitrogens is 2. The number of para-hydroxylation sites is 1. The van der Waals surface area contributed by atoms with Gasteiger partial charge in [0.1, 0.15) is 11.9 Å². The van der Waals surface area contributed by atoms with Crippen molar-refractivity contribution in [1.29, 1.82) is 0 Å². The van der Waals surface area contributed by atoms with Crippen LogP contribution in [-0.4, -0.2) is 23.8 Å². The van der Waals surface area contributed by atoms with E-state index in [1.54, 1.807) is 11.8 Å². The van der Waals surface area contributed by atoms with Crippen LogP contribution < -0.4 is 15.0 Å². The summed E-state index contributed by atoms with van der Waals surface area (Å²) in [6.07, 6.45) is 2.23. The minimum absolute atomic E-state index is 0.218. The first-order valence-corrected chi connectivity index (χ1v) is 10.2. The number of esters is 1. The second kappa shape index (κ2) is 9.38. The maximum absolute atomic E-state index is 11.3. The highest BCUT2D eigenvalue weighted by atomic mass is 32.2. The molecular weight excluding hydrogens is 382 g/mol. The van der Waals surface area contributed by atoms with E-state index in [0.29, 0.717) is 23.7 Å². The smallest absolute Gasteiger partial charge is 0.322 e. The number of pyridine rings is 1. The topological polar surface area (TPSA) is 74.6 Å². The van der Waals surface area contributed by atoms with Gasteiger partial charge >= 0.3 is 11.8 Å². The number of nitrogens with zero attached hydrogens (tertiary/aromatic N) is 1. The number of nitrogens with one attached hydrogen (secondary N) is 2. The Balaban J connectivity index is 1.79. The number of benzene rings is 1. The number of thiazole rings is 1. The number of H-pyrrole nitrogens is 1. The summed E-state index contributed by atoms with van der Waals surface area (Å²) in [6, 6.07) is 11.5. The third kappa shape index (κ3) is 5.70. The molecule has 6 nitrogen and oxygen atoms in total. The van der Waals surface area contributed by atoms with Gasteiger partial charge in [-0.15, -0.1) is 11.8 Å². The second-order valence-corrected chi connectivity index (χ2v) is 7.61. The molecule has 2 N–H and O–H groups in total. The van der Waals surface area contributed by atoms with Crippen molar-refractivity contribution in [2.45, 2.75) is 18.2 Å². The van der Waals surface area contributed by atoms with Crippen LogP contribution in [0.2, 0.25) is 0 Å². The van der Waals surface area contributed by atoms with Crippen LogP contribution in [0.15, 0.2) is 52.9 Å². The lowest BCUT2D eigenvalue weighted by Gasteiger charge is -2.08. The highest BCUT2D eigenvalue weighted by Crippen LogP contribution is 2.32. The summed E-state index contributed by atoms with van der Waals surface area (Å²) in [5.41, 5.74) is 0.961. The number of anilines is 2. The molecule has 0 aliphatic rings. The number of ether oxygens (including phenoxy) is 2. The molecule has 140 valence electrons. The van der Waals surface area contributed by atoms with Crippen LogP contribution in [0.5, 0.6) is 11.5 Å². The van der Waals surface area contributed by atoms with Crippen LogP contribution in [0, 0.1) is 6.92 Å². The predicted octanol–water partition coefficient (Wildman–Crippen LogP) is 4.46. The van der Waals surface area contributed by atoms with E-state index >= 15 is 0 Å². The maximum Gasteiger partial charge on any atom is 0.322 e. The monoisotopic (exact) mass is 402 g/mol. The molecule has 0 unspecified atom stereocenters. The van der Waals surface area contributed by atoms with E-state index < -0.39 is 0 Å². The van der Waals surface area contributed by atoms with Crippen LogP contribution in [0.1, 0.15) is 12.1 Å². The number of rotatable bonds is 8. The van der Waals surface area contributed by atoms with Crippen molar-refractivity contribution in [2.75, 3.05) is 18.2 Å². The molecule has 0 saturated carbocycles. The van der Waals surface area contributed by atoms with E-state index in [1.165, 1.54) is 18.4 Å². The van der Waals surface area contributed by atoms with Gasteiger partial charge in [-0.25, -0.2) is 15.3 Å². The third-order valence-electron chi connectivity index (χ3n) is 3.50. The average Bonchev–Trinajstić information content (AvgIpc) is 3.09. The SMILES string of the molecule is COC(=O)CCSc1c[nH+]c(Nc2nc(C)cs2)c(Oc2ccccc2)c1. The Kier molecular flexibility index (Phi) is 6.67. The molecular formula is C19H20N3O3S2+. The maximum atomic E-state index is 11.3. The Morgan fingerprint density at radius 1 is 1.33 bits per heavy atom. The van der Waals surface area contributed by atoms with E-state index in [0.717, 1.165) is 21.5 Å². The summed E-state index contributed by atoms with van der Waals surface area (Å²) >= 11 is 3.08. The number of thioether (sulfide) groups is 1. The van der Waals surface area contributed by atoms with Gasteiger partial charge in [0.25, 0.3) is 5.13 Å². The van der Waals surface area contributed by atoms with Gasteiger partial charge in [0.15, 0.2) is 0 Å². The van der Waals surface area contributed by atoms with Crippen molar-refractivity contribution in [3.8, 4) is 11.5 Å².